The lowest BCUT2D eigenvalue weighted by atomic mass is 10.1. The van der Waals surface area contributed by atoms with Crippen molar-refractivity contribution in [2.75, 3.05) is 32.1 Å². The van der Waals surface area contributed by atoms with E-state index in [9.17, 15) is 9.90 Å². The van der Waals surface area contributed by atoms with E-state index >= 15 is 0 Å². The fraction of sp³-hybridized carbons (Fsp3) is 0.533. The van der Waals surface area contributed by atoms with Crippen LogP contribution in [0, 0.1) is 5.41 Å². The van der Waals surface area contributed by atoms with Crippen LogP contribution < -0.4 is 15.4 Å². The third-order valence-electron chi connectivity index (χ3n) is 3.78. The first-order valence-corrected chi connectivity index (χ1v) is 7.41. The summed E-state index contributed by atoms with van der Waals surface area (Å²) >= 11 is 5.94. The molecule has 1 fully saturated rings. The maximum atomic E-state index is 11.8. The van der Waals surface area contributed by atoms with Crippen molar-refractivity contribution in [1.82, 2.24) is 5.32 Å². The smallest absolute Gasteiger partial charge is 0.221 e. The van der Waals surface area contributed by atoms with Crippen LogP contribution in [-0.2, 0) is 4.79 Å². The number of benzene rings is 1. The molecule has 0 radical (unpaired) electrons. The van der Waals surface area contributed by atoms with Crippen molar-refractivity contribution in [1.29, 1.82) is 0 Å². The normalized spacial score (nSPS) is 15.4. The molecule has 2 rings (SSSR count). The Hall–Kier alpha value is -1.46. The third kappa shape index (κ3) is 4.51. The van der Waals surface area contributed by atoms with Gasteiger partial charge in [-0.3, -0.25) is 4.79 Å². The number of carbonyl (C=O) groups is 1. The van der Waals surface area contributed by atoms with Gasteiger partial charge in [-0.2, -0.15) is 0 Å². The molecule has 0 aliphatic heterocycles. The fourth-order valence-corrected chi connectivity index (χ4v) is 2.24. The Morgan fingerprint density at radius 2 is 2.24 bits per heavy atom. The minimum atomic E-state index is -0.0563. The summed E-state index contributed by atoms with van der Waals surface area (Å²) in [5.41, 5.74) is 0.714. The molecular formula is C15H21ClN2O3. The van der Waals surface area contributed by atoms with Gasteiger partial charge in [0.25, 0.3) is 0 Å². The first-order valence-electron chi connectivity index (χ1n) is 7.03. The van der Waals surface area contributed by atoms with Crippen LogP contribution in [0.5, 0.6) is 5.75 Å². The lowest BCUT2D eigenvalue weighted by molar-refractivity contribution is -0.121. The summed E-state index contributed by atoms with van der Waals surface area (Å²) < 4.78 is 5.22. The van der Waals surface area contributed by atoms with Crippen LogP contribution in [0.1, 0.15) is 19.3 Å². The summed E-state index contributed by atoms with van der Waals surface area (Å²) in [4.78, 5) is 11.8. The largest absolute Gasteiger partial charge is 0.495 e. The second-order valence-electron chi connectivity index (χ2n) is 5.46. The van der Waals surface area contributed by atoms with Crippen LogP contribution in [0.3, 0.4) is 0 Å². The Labute approximate surface area is 129 Å². The zero-order valence-corrected chi connectivity index (χ0v) is 12.9. The van der Waals surface area contributed by atoms with Gasteiger partial charge in [-0.25, -0.2) is 0 Å². The number of anilines is 1. The van der Waals surface area contributed by atoms with Gasteiger partial charge in [-0.1, -0.05) is 11.6 Å². The van der Waals surface area contributed by atoms with E-state index in [1.165, 1.54) is 0 Å². The van der Waals surface area contributed by atoms with E-state index in [1.807, 2.05) is 0 Å². The second-order valence-corrected chi connectivity index (χ2v) is 5.89. The van der Waals surface area contributed by atoms with Crippen molar-refractivity contribution in [3.05, 3.63) is 23.2 Å². The Kier molecular flexibility index (Phi) is 5.31. The third-order valence-corrected chi connectivity index (χ3v) is 4.02. The number of hydrogen-bond acceptors (Lipinski definition) is 4. The average Bonchev–Trinajstić information content (AvgIpc) is 3.26. The highest BCUT2D eigenvalue weighted by atomic mass is 35.5. The predicted molar refractivity (Wildman–Crippen MR) is 82.9 cm³/mol. The van der Waals surface area contributed by atoms with Gasteiger partial charge in [0.1, 0.15) is 5.75 Å². The Bertz CT molecular complexity index is 504. The summed E-state index contributed by atoms with van der Waals surface area (Å²) in [7, 11) is 1.59. The minimum absolute atomic E-state index is 0.0248. The summed E-state index contributed by atoms with van der Waals surface area (Å²) in [5, 5.41) is 15.8. The van der Waals surface area contributed by atoms with Gasteiger partial charge in [-0.05, 0) is 31.0 Å². The maximum Gasteiger partial charge on any atom is 0.221 e. The second kappa shape index (κ2) is 7.00. The van der Waals surface area contributed by atoms with Gasteiger partial charge in [0, 0.05) is 29.9 Å². The molecular weight excluding hydrogens is 292 g/mol. The molecule has 0 bridgehead atoms. The molecule has 5 nitrogen and oxygen atoms in total. The first kappa shape index (κ1) is 15.9. The van der Waals surface area contributed by atoms with Crippen LogP contribution in [0.25, 0.3) is 0 Å². The van der Waals surface area contributed by atoms with Gasteiger partial charge in [-0.15, -0.1) is 0 Å². The number of amides is 1. The van der Waals surface area contributed by atoms with E-state index in [-0.39, 0.29) is 17.9 Å². The number of methoxy groups -OCH3 is 1. The molecule has 3 N–H and O–H groups in total. The van der Waals surface area contributed by atoms with Gasteiger partial charge >= 0.3 is 0 Å². The maximum absolute atomic E-state index is 11.8. The summed E-state index contributed by atoms with van der Waals surface area (Å²) in [6.45, 7) is 1.20. The van der Waals surface area contributed by atoms with Crippen molar-refractivity contribution in [3.63, 3.8) is 0 Å². The minimum Gasteiger partial charge on any atom is -0.495 e. The van der Waals surface area contributed by atoms with Crippen molar-refractivity contribution in [2.45, 2.75) is 19.3 Å². The fourth-order valence-electron chi connectivity index (χ4n) is 2.07. The lowest BCUT2D eigenvalue weighted by Crippen LogP contribution is -2.32. The monoisotopic (exact) mass is 312 g/mol. The van der Waals surface area contributed by atoms with Crippen molar-refractivity contribution in [2.24, 2.45) is 5.41 Å². The number of hydrogen-bond donors (Lipinski definition) is 3. The number of carbonyl (C=O) groups excluding carboxylic acids is 1. The molecule has 1 aliphatic rings. The predicted octanol–water partition coefficient (Wildman–Crippen LogP) is 2.04. The molecule has 6 heteroatoms. The molecule has 1 aliphatic carbocycles. The molecule has 0 unspecified atom stereocenters. The molecule has 1 aromatic rings. The quantitative estimate of drug-likeness (QED) is 0.687. The van der Waals surface area contributed by atoms with Crippen LogP contribution in [0.15, 0.2) is 18.2 Å². The summed E-state index contributed by atoms with van der Waals surface area (Å²) in [5.74, 6) is 0.667. The SMILES string of the molecule is COc1ccc(Cl)cc1NCCC(=O)NCC1(CO)CC1. The number of nitrogens with one attached hydrogen (secondary N) is 2. The van der Waals surface area contributed by atoms with E-state index < -0.39 is 0 Å². The van der Waals surface area contributed by atoms with E-state index in [1.54, 1.807) is 25.3 Å². The average molecular weight is 313 g/mol. The lowest BCUT2D eigenvalue weighted by Gasteiger charge is -2.14. The number of aliphatic hydroxyl groups is 1. The van der Waals surface area contributed by atoms with E-state index in [2.05, 4.69) is 10.6 Å². The van der Waals surface area contributed by atoms with Crippen molar-refractivity contribution < 1.29 is 14.6 Å². The van der Waals surface area contributed by atoms with Crippen LogP contribution in [0.4, 0.5) is 5.69 Å². The number of rotatable bonds is 8. The van der Waals surface area contributed by atoms with E-state index in [0.29, 0.717) is 30.3 Å². The first-order chi connectivity index (χ1) is 10.1. The molecule has 0 atom stereocenters. The zero-order chi connectivity index (χ0) is 15.3. The Morgan fingerprint density at radius 1 is 1.48 bits per heavy atom. The number of aliphatic hydroxyl groups excluding tert-OH is 1. The highest BCUT2D eigenvalue weighted by molar-refractivity contribution is 6.30. The van der Waals surface area contributed by atoms with E-state index in [4.69, 9.17) is 16.3 Å². The molecule has 0 saturated heterocycles. The summed E-state index contributed by atoms with van der Waals surface area (Å²) in [6, 6.07) is 5.30. The molecule has 116 valence electrons. The molecule has 1 aromatic carbocycles. The molecule has 21 heavy (non-hydrogen) atoms. The van der Waals surface area contributed by atoms with Crippen LogP contribution in [-0.4, -0.2) is 37.8 Å². The highest BCUT2D eigenvalue weighted by Gasteiger charge is 2.41. The Morgan fingerprint density at radius 3 is 2.86 bits per heavy atom. The zero-order valence-electron chi connectivity index (χ0n) is 12.1. The molecule has 1 amide bonds. The van der Waals surface area contributed by atoms with Gasteiger partial charge < -0.3 is 20.5 Å². The molecule has 0 spiro atoms. The van der Waals surface area contributed by atoms with Crippen LogP contribution >= 0.6 is 11.6 Å². The number of halogens is 1. The summed E-state index contributed by atoms with van der Waals surface area (Å²) in [6.07, 6.45) is 2.33. The van der Waals surface area contributed by atoms with Crippen LogP contribution in [0.2, 0.25) is 5.02 Å². The van der Waals surface area contributed by atoms with Gasteiger partial charge in [0.2, 0.25) is 5.91 Å². The molecule has 1 saturated carbocycles. The topological polar surface area (TPSA) is 70.6 Å². The van der Waals surface area contributed by atoms with Gasteiger partial charge in [0.05, 0.1) is 19.4 Å². The molecule has 0 aromatic heterocycles. The van der Waals surface area contributed by atoms with E-state index in [0.717, 1.165) is 18.5 Å². The highest BCUT2D eigenvalue weighted by Crippen LogP contribution is 2.44. The van der Waals surface area contributed by atoms with Crippen molar-refractivity contribution in [3.8, 4) is 5.75 Å². The van der Waals surface area contributed by atoms with Gasteiger partial charge in [0.15, 0.2) is 0 Å². The molecule has 0 heterocycles. The van der Waals surface area contributed by atoms with Crippen molar-refractivity contribution >= 4 is 23.2 Å². The Balaban J connectivity index is 1.73. The standard InChI is InChI=1S/C15H21ClN2O3/c1-21-13-3-2-11(16)8-12(13)17-7-4-14(20)18-9-15(10-19)5-6-15/h2-3,8,17,19H,4-7,9-10H2,1H3,(H,18,20). The number of ether oxygens (including phenoxy) is 1.